The molecule has 0 amide bonds. The summed E-state index contributed by atoms with van der Waals surface area (Å²) in [6.45, 7) is 2.59. The first-order valence-electron chi connectivity index (χ1n) is 4.35. The maximum atomic E-state index is 5.61. The fourth-order valence-electron chi connectivity index (χ4n) is 1.50. The van der Waals surface area contributed by atoms with Crippen LogP contribution in [-0.4, -0.2) is 4.98 Å². The SMILES string of the molecule is Cc1cnc2c(CN)cccc2c1. The third-order valence-corrected chi connectivity index (χ3v) is 2.15. The largest absolute Gasteiger partial charge is 0.326 e. The Morgan fingerprint density at radius 3 is 3.00 bits per heavy atom. The standard InChI is InChI=1S/C11H12N2/c1-8-5-9-3-2-4-10(6-12)11(9)13-7-8/h2-5,7H,6,12H2,1H3. The number of hydrogen-bond donors (Lipinski definition) is 1. The number of hydrogen-bond acceptors (Lipinski definition) is 2. The van der Waals surface area contributed by atoms with Crippen molar-refractivity contribution in [2.75, 3.05) is 0 Å². The lowest BCUT2D eigenvalue weighted by molar-refractivity contribution is 1.08. The maximum absolute atomic E-state index is 5.61. The predicted molar refractivity (Wildman–Crippen MR) is 54.4 cm³/mol. The minimum Gasteiger partial charge on any atom is -0.326 e. The van der Waals surface area contributed by atoms with Gasteiger partial charge in [-0.1, -0.05) is 18.2 Å². The molecule has 1 heterocycles. The summed E-state index contributed by atoms with van der Waals surface area (Å²) in [7, 11) is 0. The van der Waals surface area contributed by atoms with Crippen molar-refractivity contribution in [3.05, 3.63) is 41.6 Å². The van der Waals surface area contributed by atoms with Crippen molar-refractivity contribution in [2.45, 2.75) is 13.5 Å². The quantitative estimate of drug-likeness (QED) is 0.714. The highest BCUT2D eigenvalue weighted by Gasteiger charge is 1.99. The highest BCUT2D eigenvalue weighted by atomic mass is 14.7. The van der Waals surface area contributed by atoms with E-state index in [4.69, 9.17) is 5.73 Å². The molecule has 0 saturated heterocycles. The number of benzene rings is 1. The molecule has 1 aromatic carbocycles. The van der Waals surface area contributed by atoms with Crippen LogP contribution in [0.4, 0.5) is 0 Å². The molecule has 0 radical (unpaired) electrons. The summed E-state index contributed by atoms with van der Waals surface area (Å²) in [6, 6.07) is 8.23. The molecule has 0 spiro atoms. The molecule has 0 bridgehead atoms. The molecule has 2 nitrogen and oxygen atoms in total. The monoisotopic (exact) mass is 172 g/mol. The molecule has 13 heavy (non-hydrogen) atoms. The molecule has 0 aliphatic heterocycles. The molecule has 2 N–H and O–H groups in total. The van der Waals surface area contributed by atoms with Gasteiger partial charge in [0.2, 0.25) is 0 Å². The van der Waals surface area contributed by atoms with Gasteiger partial charge in [-0.25, -0.2) is 0 Å². The van der Waals surface area contributed by atoms with E-state index >= 15 is 0 Å². The Kier molecular flexibility index (Phi) is 1.99. The number of rotatable bonds is 1. The van der Waals surface area contributed by atoms with Crippen LogP contribution in [0.2, 0.25) is 0 Å². The summed E-state index contributed by atoms with van der Waals surface area (Å²) in [4.78, 5) is 4.37. The van der Waals surface area contributed by atoms with E-state index in [9.17, 15) is 0 Å². The van der Waals surface area contributed by atoms with Crippen LogP contribution in [0.1, 0.15) is 11.1 Å². The Balaban J connectivity index is 2.77. The van der Waals surface area contributed by atoms with Gasteiger partial charge in [0.05, 0.1) is 5.52 Å². The zero-order valence-electron chi connectivity index (χ0n) is 7.62. The second kappa shape index (κ2) is 3.15. The van der Waals surface area contributed by atoms with Crippen LogP contribution in [0.15, 0.2) is 30.5 Å². The Labute approximate surface area is 77.4 Å². The van der Waals surface area contributed by atoms with Gasteiger partial charge in [-0.2, -0.15) is 0 Å². The third-order valence-electron chi connectivity index (χ3n) is 2.15. The van der Waals surface area contributed by atoms with E-state index in [2.05, 4.69) is 17.1 Å². The Bertz CT molecular complexity index is 435. The summed E-state index contributed by atoms with van der Waals surface area (Å²) >= 11 is 0. The zero-order chi connectivity index (χ0) is 9.26. The minimum atomic E-state index is 0.549. The molecule has 2 heteroatoms. The molecule has 66 valence electrons. The van der Waals surface area contributed by atoms with Crippen molar-refractivity contribution in [1.29, 1.82) is 0 Å². The van der Waals surface area contributed by atoms with Gasteiger partial charge in [0, 0.05) is 18.1 Å². The second-order valence-corrected chi connectivity index (χ2v) is 3.21. The molecule has 0 aliphatic carbocycles. The lowest BCUT2D eigenvalue weighted by atomic mass is 10.1. The smallest absolute Gasteiger partial charge is 0.0746 e. The lowest BCUT2D eigenvalue weighted by Gasteiger charge is -2.03. The van der Waals surface area contributed by atoms with E-state index in [0.717, 1.165) is 11.1 Å². The van der Waals surface area contributed by atoms with Gasteiger partial charge in [0.25, 0.3) is 0 Å². The van der Waals surface area contributed by atoms with Gasteiger partial charge >= 0.3 is 0 Å². The van der Waals surface area contributed by atoms with Gasteiger partial charge in [0.1, 0.15) is 0 Å². The molecule has 2 aromatic rings. The van der Waals surface area contributed by atoms with Crippen molar-refractivity contribution in [3.8, 4) is 0 Å². The van der Waals surface area contributed by atoms with Gasteiger partial charge in [-0.15, -0.1) is 0 Å². The number of nitrogens with two attached hydrogens (primary N) is 1. The van der Waals surface area contributed by atoms with Gasteiger partial charge in [-0.3, -0.25) is 4.98 Å². The fraction of sp³-hybridized carbons (Fsp3) is 0.182. The predicted octanol–water partition coefficient (Wildman–Crippen LogP) is 2.00. The fourth-order valence-corrected chi connectivity index (χ4v) is 1.50. The zero-order valence-corrected chi connectivity index (χ0v) is 7.62. The summed E-state index contributed by atoms with van der Waals surface area (Å²) in [6.07, 6.45) is 1.88. The van der Waals surface area contributed by atoms with E-state index in [1.54, 1.807) is 0 Å². The van der Waals surface area contributed by atoms with E-state index in [0.29, 0.717) is 6.54 Å². The van der Waals surface area contributed by atoms with Crippen LogP contribution in [-0.2, 0) is 6.54 Å². The Morgan fingerprint density at radius 1 is 1.38 bits per heavy atom. The molecule has 0 saturated carbocycles. The van der Waals surface area contributed by atoms with Crippen LogP contribution >= 0.6 is 0 Å². The summed E-state index contributed by atoms with van der Waals surface area (Å²) in [5.41, 5.74) is 8.93. The highest BCUT2D eigenvalue weighted by Crippen LogP contribution is 2.16. The molecular formula is C11H12N2. The van der Waals surface area contributed by atoms with Crippen LogP contribution < -0.4 is 5.73 Å². The number of nitrogens with zero attached hydrogens (tertiary/aromatic N) is 1. The Hall–Kier alpha value is -1.41. The topological polar surface area (TPSA) is 38.9 Å². The molecule has 0 unspecified atom stereocenters. The van der Waals surface area contributed by atoms with Crippen molar-refractivity contribution < 1.29 is 0 Å². The Morgan fingerprint density at radius 2 is 2.23 bits per heavy atom. The average molecular weight is 172 g/mol. The molecule has 2 rings (SSSR count). The summed E-state index contributed by atoms with van der Waals surface area (Å²) in [5, 5.41) is 1.17. The van der Waals surface area contributed by atoms with Gasteiger partial charge < -0.3 is 5.73 Å². The van der Waals surface area contributed by atoms with E-state index in [-0.39, 0.29) is 0 Å². The molecular weight excluding hydrogens is 160 g/mol. The maximum Gasteiger partial charge on any atom is 0.0746 e. The second-order valence-electron chi connectivity index (χ2n) is 3.21. The van der Waals surface area contributed by atoms with Crippen LogP contribution in [0.3, 0.4) is 0 Å². The van der Waals surface area contributed by atoms with E-state index < -0.39 is 0 Å². The highest BCUT2D eigenvalue weighted by molar-refractivity contribution is 5.82. The average Bonchev–Trinajstić information content (AvgIpc) is 2.16. The minimum absolute atomic E-state index is 0.549. The van der Waals surface area contributed by atoms with Crippen LogP contribution in [0.25, 0.3) is 10.9 Å². The van der Waals surface area contributed by atoms with Gasteiger partial charge in [0.15, 0.2) is 0 Å². The normalized spacial score (nSPS) is 10.6. The van der Waals surface area contributed by atoms with Crippen molar-refractivity contribution >= 4 is 10.9 Å². The number of aryl methyl sites for hydroxylation is 1. The van der Waals surface area contributed by atoms with Gasteiger partial charge in [-0.05, 0) is 24.1 Å². The first-order chi connectivity index (χ1) is 6.31. The number of pyridine rings is 1. The van der Waals surface area contributed by atoms with E-state index in [1.807, 2.05) is 25.3 Å². The summed E-state index contributed by atoms with van der Waals surface area (Å²) in [5.74, 6) is 0. The first-order valence-corrected chi connectivity index (χ1v) is 4.35. The number of aromatic nitrogens is 1. The lowest BCUT2D eigenvalue weighted by Crippen LogP contribution is -1.98. The van der Waals surface area contributed by atoms with Crippen molar-refractivity contribution in [3.63, 3.8) is 0 Å². The van der Waals surface area contributed by atoms with E-state index in [1.165, 1.54) is 10.9 Å². The molecule has 0 aliphatic rings. The molecule has 0 atom stereocenters. The van der Waals surface area contributed by atoms with Crippen LogP contribution in [0.5, 0.6) is 0 Å². The molecule has 1 aromatic heterocycles. The third kappa shape index (κ3) is 1.40. The molecule has 0 fully saturated rings. The number of para-hydroxylation sites is 1. The van der Waals surface area contributed by atoms with Crippen LogP contribution in [0, 0.1) is 6.92 Å². The van der Waals surface area contributed by atoms with Crippen molar-refractivity contribution in [2.24, 2.45) is 5.73 Å². The number of fused-ring (bicyclic) bond motifs is 1. The summed E-state index contributed by atoms with van der Waals surface area (Å²) < 4.78 is 0. The van der Waals surface area contributed by atoms with Crippen molar-refractivity contribution in [1.82, 2.24) is 4.98 Å². The first kappa shape index (κ1) is 8.20.